The number of ether oxygens (including phenoxy) is 3. The van der Waals surface area contributed by atoms with Crippen LogP contribution in [0.4, 0.5) is 4.79 Å². The quantitative estimate of drug-likeness (QED) is 0.750. The third-order valence-electron chi connectivity index (χ3n) is 5.95. The predicted molar refractivity (Wildman–Crippen MR) is 103 cm³/mol. The fraction of sp³-hybridized carbons (Fsp3) is 0.571. The van der Waals surface area contributed by atoms with Gasteiger partial charge in [0, 0.05) is 19.4 Å². The Balaban J connectivity index is 1.28. The molecule has 0 radical (unpaired) electrons. The minimum Gasteiger partial charge on any atom is -0.481 e. The summed E-state index contributed by atoms with van der Waals surface area (Å²) < 4.78 is 17.1. The van der Waals surface area contributed by atoms with E-state index in [9.17, 15) is 19.5 Å². The molecule has 3 aliphatic rings. The van der Waals surface area contributed by atoms with Crippen LogP contribution < -0.4 is 5.32 Å². The molecule has 1 aromatic rings. The molecule has 2 amide bonds. The molecule has 3 unspecified atom stereocenters. The maximum Gasteiger partial charge on any atom is 0.408 e. The van der Waals surface area contributed by atoms with Gasteiger partial charge in [-0.2, -0.15) is 0 Å². The van der Waals surface area contributed by atoms with Gasteiger partial charge in [0.2, 0.25) is 5.91 Å². The number of nitrogens with zero attached hydrogens (tertiary/aromatic N) is 1. The van der Waals surface area contributed by atoms with Gasteiger partial charge in [0.25, 0.3) is 0 Å². The molecule has 1 aromatic carbocycles. The van der Waals surface area contributed by atoms with E-state index in [1.807, 2.05) is 30.3 Å². The lowest BCUT2D eigenvalue weighted by Gasteiger charge is -2.35. The van der Waals surface area contributed by atoms with Crippen molar-refractivity contribution in [3.05, 3.63) is 35.9 Å². The Morgan fingerprint density at radius 1 is 1.27 bits per heavy atom. The van der Waals surface area contributed by atoms with Crippen molar-refractivity contribution in [2.24, 2.45) is 5.92 Å². The van der Waals surface area contributed by atoms with Gasteiger partial charge in [-0.25, -0.2) is 4.79 Å². The highest BCUT2D eigenvalue weighted by Crippen LogP contribution is 2.41. The van der Waals surface area contributed by atoms with Gasteiger partial charge in [-0.1, -0.05) is 30.3 Å². The van der Waals surface area contributed by atoms with E-state index in [2.05, 4.69) is 5.32 Å². The van der Waals surface area contributed by atoms with Crippen molar-refractivity contribution in [2.75, 3.05) is 13.2 Å². The summed E-state index contributed by atoms with van der Waals surface area (Å²) in [5, 5.41) is 11.9. The van der Waals surface area contributed by atoms with E-state index in [1.165, 1.54) is 0 Å². The van der Waals surface area contributed by atoms with Crippen molar-refractivity contribution in [1.82, 2.24) is 10.2 Å². The number of carboxylic acids is 1. The smallest absolute Gasteiger partial charge is 0.408 e. The molecule has 2 heterocycles. The van der Waals surface area contributed by atoms with Crippen LogP contribution in [0.25, 0.3) is 0 Å². The van der Waals surface area contributed by atoms with Crippen molar-refractivity contribution in [3.8, 4) is 0 Å². The van der Waals surface area contributed by atoms with Gasteiger partial charge < -0.3 is 29.5 Å². The Morgan fingerprint density at radius 2 is 2.07 bits per heavy atom. The molecule has 3 fully saturated rings. The second kappa shape index (κ2) is 8.61. The Kier molecular flexibility index (Phi) is 5.92. The molecule has 0 aromatic heterocycles. The maximum absolute atomic E-state index is 12.8. The molecular formula is C21H26N2O7. The van der Waals surface area contributed by atoms with Gasteiger partial charge in [-0.15, -0.1) is 0 Å². The summed E-state index contributed by atoms with van der Waals surface area (Å²) in [4.78, 5) is 37.7. The summed E-state index contributed by atoms with van der Waals surface area (Å²) in [5.74, 6) is -2.53. The Labute approximate surface area is 174 Å². The SMILES string of the molecule is O=C(NC1CCN([C@@H]2COC3(CCCC(C(=O)O)C3)O2)C1=O)OCc1ccccc1. The first-order valence-corrected chi connectivity index (χ1v) is 10.3. The van der Waals surface area contributed by atoms with E-state index >= 15 is 0 Å². The van der Waals surface area contributed by atoms with Gasteiger partial charge in [-0.05, 0) is 24.8 Å². The average Bonchev–Trinajstić information content (AvgIpc) is 3.31. The van der Waals surface area contributed by atoms with Crippen molar-refractivity contribution >= 4 is 18.0 Å². The molecular weight excluding hydrogens is 392 g/mol. The van der Waals surface area contributed by atoms with Gasteiger partial charge in [-0.3, -0.25) is 9.59 Å². The number of carbonyl (C=O) groups is 3. The molecule has 9 heteroatoms. The number of nitrogens with one attached hydrogen (secondary N) is 1. The lowest BCUT2D eigenvalue weighted by atomic mass is 9.85. The molecule has 2 aliphatic heterocycles. The molecule has 30 heavy (non-hydrogen) atoms. The normalized spacial score (nSPS) is 31.1. The fourth-order valence-corrected chi connectivity index (χ4v) is 4.37. The average molecular weight is 418 g/mol. The second-order valence-electron chi connectivity index (χ2n) is 8.00. The van der Waals surface area contributed by atoms with Gasteiger partial charge in [0.05, 0.1) is 12.5 Å². The van der Waals surface area contributed by atoms with Gasteiger partial charge in [0.1, 0.15) is 12.6 Å². The Bertz CT molecular complexity index is 802. The summed E-state index contributed by atoms with van der Waals surface area (Å²) in [7, 11) is 0. The molecule has 2 saturated heterocycles. The number of amides is 2. The number of likely N-dealkylation sites (tertiary alicyclic amines) is 1. The minimum atomic E-state index is -0.938. The van der Waals surface area contributed by atoms with E-state index in [0.29, 0.717) is 32.2 Å². The van der Waals surface area contributed by atoms with Crippen LogP contribution in [0.1, 0.15) is 37.7 Å². The van der Waals surface area contributed by atoms with E-state index in [-0.39, 0.29) is 25.5 Å². The zero-order valence-electron chi connectivity index (χ0n) is 16.6. The molecule has 2 N–H and O–H groups in total. The molecule has 4 rings (SSSR count). The van der Waals surface area contributed by atoms with Crippen LogP contribution in [0.5, 0.6) is 0 Å². The predicted octanol–water partition coefficient (Wildman–Crippen LogP) is 1.86. The monoisotopic (exact) mass is 418 g/mol. The summed E-state index contributed by atoms with van der Waals surface area (Å²) >= 11 is 0. The Morgan fingerprint density at radius 3 is 2.83 bits per heavy atom. The minimum absolute atomic E-state index is 0.129. The topological polar surface area (TPSA) is 114 Å². The molecule has 4 atom stereocenters. The van der Waals surface area contributed by atoms with E-state index in [0.717, 1.165) is 5.56 Å². The van der Waals surface area contributed by atoms with Gasteiger partial charge >= 0.3 is 12.1 Å². The lowest BCUT2D eigenvalue weighted by molar-refractivity contribution is -0.213. The van der Waals surface area contributed by atoms with Crippen LogP contribution in [0, 0.1) is 5.92 Å². The van der Waals surface area contributed by atoms with Crippen LogP contribution in [-0.2, 0) is 30.4 Å². The molecule has 0 bridgehead atoms. The maximum atomic E-state index is 12.8. The summed E-state index contributed by atoms with van der Waals surface area (Å²) in [6.07, 6.45) is 1.44. The van der Waals surface area contributed by atoms with Gasteiger partial charge in [0.15, 0.2) is 12.0 Å². The van der Waals surface area contributed by atoms with Crippen LogP contribution >= 0.6 is 0 Å². The van der Waals surface area contributed by atoms with E-state index < -0.39 is 36.0 Å². The van der Waals surface area contributed by atoms with Crippen molar-refractivity contribution in [3.63, 3.8) is 0 Å². The highest BCUT2D eigenvalue weighted by molar-refractivity contribution is 5.87. The zero-order valence-corrected chi connectivity index (χ0v) is 16.6. The highest BCUT2D eigenvalue weighted by atomic mass is 16.8. The number of carbonyl (C=O) groups excluding carboxylic acids is 2. The first-order valence-electron chi connectivity index (χ1n) is 10.3. The van der Waals surface area contributed by atoms with E-state index in [1.54, 1.807) is 4.90 Å². The van der Waals surface area contributed by atoms with Crippen molar-refractivity contribution in [1.29, 1.82) is 0 Å². The number of benzene rings is 1. The third-order valence-corrected chi connectivity index (χ3v) is 5.95. The fourth-order valence-electron chi connectivity index (χ4n) is 4.37. The standard InChI is InChI=1S/C21H26N2O7/c24-18-16(22-20(27)28-12-14-5-2-1-3-6-14)8-10-23(18)17-13-29-21(30-17)9-4-7-15(11-21)19(25)26/h1-3,5-6,15-17H,4,7-13H2,(H,22,27)(H,25,26)/t15?,16?,17-,21?/m0/s1. The molecule has 1 saturated carbocycles. The van der Waals surface area contributed by atoms with Crippen LogP contribution in [0.2, 0.25) is 0 Å². The molecule has 9 nitrogen and oxygen atoms in total. The zero-order chi connectivity index (χ0) is 21.1. The number of alkyl carbamates (subject to hydrolysis) is 1. The Hall–Kier alpha value is -2.65. The lowest BCUT2D eigenvalue weighted by Crippen LogP contribution is -2.46. The van der Waals surface area contributed by atoms with Crippen LogP contribution in [0.15, 0.2) is 30.3 Å². The number of hydrogen-bond acceptors (Lipinski definition) is 6. The third kappa shape index (κ3) is 4.41. The first kappa shape index (κ1) is 20.6. The largest absolute Gasteiger partial charge is 0.481 e. The van der Waals surface area contributed by atoms with Crippen molar-refractivity contribution < 1.29 is 33.7 Å². The number of rotatable bonds is 5. The number of carboxylic acid groups (broad SMARTS) is 1. The first-order chi connectivity index (χ1) is 14.5. The number of hydrogen-bond donors (Lipinski definition) is 2. The van der Waals surface area contributed by atoms with Crippen LogP contribution in [-0.4, -0.2) is 59.2 Å². The molecule has 162 valence electrons. The van der Waals surface area contributed by atoms with E-state index in [4.69, 9.17) is 14.2 Å². The summed E-state index contributed by atoms with van der Waals surface area (Å²) in [5.41, 5.74) is 0.862. The highest BCUT2D eigenvalue weighted by Gasteiger charge is 2.50. The molecule has 1 spiro atoms. The second-order valence-corrected chi connectivity index (χ2v) is 8.00. The van der Waals surface area contributed by atoms with Crippen LogP contribution in [0.3, 0.4) is 0 Å². The summed E-state index contributed by atoms with van der Waals surface area (Å²) in [6.45, 7) is 0.752. The molecule has 1 aliphatic carbocycles. The van der Waals surface area contributed by atoms with Crippen molar-refractivity contribution in [2.45, 2.75) is 56.8 Å². The number of aliphatic carboxylic acids is 1. The summed E-state index contributed by atoms with van der Waals surface area (Å²) in [6, 6.07) is 8.62.